The lowest BCUT2D eigenvalue weighted by Gasteiger charge is -2.18. The molecule has 1 heterocycles. The maximum Gasteiger partial charge on any atom is 0.326 e. The Hall–Kier alpha value is -2.37. The molecule has 0 saturated carbocycles. The first-order valence-corrected chi connectivity index (χ1v) is 7.82. The molecular weight excluding hydrogens is 296 g/mol. The van der Waals surface area contributed by atoms with Crippen LogP contribution in [0.5, 0.6) is 0 Å². The topological polar surface area (TPSA) is 86.7 Å². The Bertz CT molecular complexity index is 612. The van der Waals surface area contributed by atoms with Crippen molar-refractivity contribution in [3.05, 3.63) is 29.8 Å². The van der Waals surface area contributed by atoms with Crippen molar-refractivity contribution in [2.24, 2.45) is 5.92 Å². The molecule has 6 heteroatoms. The Morgan fingerprint density at radius 1 is 1.35 bits per heavy atom. The lowest BCUT2D eigenvalue weighted by Crippen LogP contribution is -2.41. The lowest BCUT2D eigenvalue weighted by atomic mass is 10.0. The predicted molar refractivity (Wildman–Crippen MR) is 86.4 cm³/mol. The van der Waals surface area contributed by atoms with Crippen molar-refractivity contribution in [2.45, 2.75) is 39.2 Å². The van der Waals surface area contributed by atoms with E-state index < -0.39 is 17.9 Å². The Morgan fingerprint density at radius 2 is 2.09 bits per heavy atom. The van der Waals surface area contributed by atoms with Gasteiger partial charge in [0.05, 0.1) is 0 Å². The summed E-state index contributed by atoms with van der Waals surface area (Å²) in [6.07, 6.45) is 1.70. The molecule has 2 N–H and O–H groups in total. The summed E-state index contributed by atoms with van der Waals surface area (Å²) >= 11 is 0. The SMILES string of the molecule is CC(C)C[C@@H](NC(=O)c1cccc(N2CCCC2=O)c1)C(=O)O. The smallest absolute Gasteiger partial charge is 0.326 e. The molecule has 2 rings (SSSR count). The molecule has 1 aromatic rings. The van der Waals surface area contributed by atoms with Gasteiger partial charge >= 0.3 is 5.97 Å². The third kappa shape index (κ3) is 4.31. The Labute approximate surface area is 135 Å². The van der Waals surface area contributed by atoms with Crippen molar-refractivity contribution in [2.75, 3.05) is 11.4 Å². The van der Waals surface area contributed by atoms with E-state index in [4.69, 9.17) is 0 Å². The number of aliphatic carboxylic acids is 1. The summed E-state index contributed by atoms with van der Waals surface area (Å²) in [5, 5.41) is 11.8. The Morgan fingerprint density at radius 3 is 2.65 bits per heavy atom. The molecule has 0 spiro atoms. The third-order valence-electron chi connectivity index (χ3n) is 3.80. The fraction of sp³-hybridized carbons (Fsp3) is 0.471. The fourth-order valence-corrected chi connectivity index (χ4v) is 2.67. The van der Waals surface area contributed by atoms with Crippen molar-refractivity contribution < 1.29 is 19.5 Å². The number of hydrogen-bond acceptors (Lipinski definition) is 3. The van der Waals surface area contributed by atoms with Gasteiger partial charge in [-0.25, -0.2) is 4.79 Å². The summed E-state index contributed by atoms with van der Waals surface area (Å²) < 4.78 is 0. The predicted octanol–water partition coefficient (Wildman–Crippen LogP) is 2.04. The van der Waals surface area contributed by atoms with Gasteiger partial charge in [-0.3, -0.25) is 9.59 Å². The number of carbonyl (C=O) groups is 3. The normalized spacial score (nSPS) is 15.8. The van der Waals surface area contributed by atoms with Crippen LogP contribution in [0, 0.1) is 5.92 Å². The average molecular weight is 318 g/mol. The van der Waals surface area contributed by atoms with Crippen LogP contribution in [0.3, 0.4) is 0 Å². The first kappa shape index (κ1) is 17.0. The van der Waals surface area contributed by atoms with Crippen molar-refractivity contribution in [1.82, 2.24) is 5.32 Å². The van der Waals surface area contributed by atoms with E-state index in [9.17, 15) is 19.5 Å². The van der Waals surface area contributed by atoms with E-state index in [0.717, 1.165) is 6.42 Å². The minimum absolute atomic E-state index is 0.0470. The zero-order valence-electron chi connectivity index (χ0n) is 13.4. The summed E-state index contributed by atoms with van der Waals surface area (Å²) in [5.41, 5.74) is 1.04. The molecule has 124 valence electrons. The summed E-state index contributed by atoms with van der Waals surface area (Å²) in [7, 11) is 0. The number of nitrogens with zero attached hydrogens (tertiary/aromatic N) is 1. The molecule has 1 aromatic carbocycles. The highest BCUT2D eigenvalue weighted by Crippen LogP contribution is 2.22. The number of anilines is 1. The average Bonchev–Trinajstić information content (AvgIpc) is 2.92. The van der Waals surface area contributed by atoms with Crippen LogP contribution >= 0.6 is 0 Å². The second kappa shape index (κ2) is 7.26. The fourth-order valence-electron chi connectivity index (χ4n) is 2.67. The van der Waals surface area contributed by atoms with Crippen molar-refractivity contribution >= 4 is 23.5 Å². The van der Waals surface area contributed by atoms with Crippen LogP contribution in [0.1, 0.15) is 43.5 Å². The van der Waals surface area contributed by atoms with E-state index in [1.165, 1.54) is 0 Å². The molecule has 0 bridgehead atoms. The van der Waals surface area contributed by atoms with E-state index in [1.807, 2.05) is 13.8 Å². The Kier molecular flexibility index (Phi) is 5.36. The highest BCUT2D eigenvalue weighted by atomic mass is 16.4. The van der Waals surface area contributed by atoms with Crippen LogP contribution in [-0.2, 0) is 9.59 Å². The summed E-state index contributed by atoms with van der Waals surface area (Å²) in [4.78, 5) is 37.0. The van der Waals surface area contributed by atoms with Crippen LogP contribution in [0.15, 0.2) is 24.3 Å². The first-order chi connectivity index (χ1) is 10.9. The number of carbonyl (C=O) groups excluding carboxylic acids is 2. The van der Waals surface area contributed by atoms with E-state index in [0.29, 0.717) is 30.6 Å². The zero-order valence-corrected chi connectivity index (χ0v) is 13.4. The van der Waals surface area contributed by atoms with Crippen LogP contribution < -0.4 is 10.2 Å². The van der Waals surface area contributed by atoms with E-state index in [-0.39, 0.29) is 11.8 Å². The molecule has 0 aromatic heterocycles. The van der Waals surface area contributed by atoms with Crippen LogP contribution in [-0.4, -0.2) is 35.5 Å². The summed E-state index contributed by atoms with van der Waals surface area (Å²) in [5.74, 6) is -1.28. The minimum atomic E-state index is -1.04. The molecule has 0 aliphatic carbocycles. The van der Waals surface area contributed by atoms with Gasteiger partial charge in [-0.1, -0.05) is 19.9 Å². The van der Waals surface area contributed by atoms with Gasteiger partial charge in [0.15, 0.2) is 0 Å². The standard InChI is InChI=1S/C17H22N2O4/c1-11(2)9-14(17(22)23)18-16(21)12-5-3-6-13(10-12)19-8-4-7-15(19)20/h3,5-6,10-11,14H,4,7-9H2,1-2H3,(H,18,21)(H,22,23)/t14-/m1/s1. The van der Waals surface area contributed by atoms with Crippen molar-refractivity contribution in [3.63, 3.8) is 0 Å². The molecule has 1 atom stereocenters. The largest absolute Gasteiger partial charge is 0.480 e. The van der Waals surface area contributed by atoms with Gasteiger partial charge in [0.25, 0.3) is 5.91 Å². The van der Waals surface area contributed by atoms with Gasteiger partial charge in [-0.05, 0) is 37.0 Å². The lowest BCUT2D eigenvalue weighted by molar-refractivity contribution is -0.139. The molecule has 2 amide bonds. The molecular formula is C17H22N2O4. The van der Waals surface area contributed by atoms with Crippen molar-refractivity contribution in [1.29, 1.82) is 0 Å². The van der Waals surface area contributed by atoms with Crippen LogP contribution in [0.4, 0.5) is 5.69 Å². The summed E-state index contributed by atoms with van der Waals surface area (Å²) in [6.45, 7) is 4.46. The van der Waals surface area contributed by atoms with Gasteiger partial charge in [0.2, 0.25) is 5.91 Å². The number of carboxylic acids is 1. The molecule has 6 nitrogen and oxygen atoms in total. The van der Waals surface area contributed by atoms with E-state index >= 15 is 0 Å². The van der Waals surface area contributed by atoms with Gasteiger partial charge in [0.1, 0.15) is 6.04 Å². The highest BCUT2D eigenvalue weighted by molar-refractivity contribution is 6.00. The second-order valence-electron chi connectivity index (χ2n) is 6.19. The number of hydrogen-bond donors (Lipinski definition) is 2. The number of rotatable bonds is 6. The van der Waals surface area contributed by atoms with Gasteiger partial charge in [-0.2, -0.15) is 0 Å². The quantitative estimate of drug-likeness (QED) is 0.840. The minimum Gasteiger partial charge on any atom is -0.480 e. The van der Waals surface area contributed by atoms with Crippen LogP contribution in [0.25, 0.3) is 0 Å². The monoisotopic (exact) mass is 318 g/mol. The molecule has 1 saturated heterocycles. The maximum absolute atomic E-state index is 12.3. The summed E-state index contributed by atoms with van der Waals surface area (Å²) in [6, 6.07) is 5.82. The molecule has 0 radical (unpaired) electrons. The maximum atomic E-state index is 12.3. The van der Waals surface area contributed by atoms with Gasteiger partial charge in [0, 0.05) is 24.2 Å². The molecule has 1 aliphatic rings. The number of nitrogens with one attached hydrogen (secondary N) is 1. The van der Waals surface area contributed by atoms with E-state index in [2.05, 4.69) is 5.32 Å². The van der Waals surface area contributed by atoms with E-state index in [1.54, 1.807) is 29.2 Å². The molecule has 23 heavy (non-hydrogen) atoms. The van der Waals surface area contributed by atoms with Crippen molar-refractivity contribution in [3.8, 4) is 0 Å². The first-order valence-electron chi connectivity index (χ1n) is 7.82. The second-order valence-corrected chi connectivity index (χ2v) is 6.19. The number of benzene rings is 1. The zero-order chi connectivity index (χ0) is 17.0. The molecule has 0 unspecified atom stereocenters. The molecule has 1 aliphatic heterocycles. The number of amides is 2. The molecule has 1 fully saturated rings. The Balaban J connectivity index is 2.13. The number of carboxylic acid groups (broad SMARTS) is 1. The van der Waals surface area contributed by atoms with Gasteiger partial charge < -0.3 is 15.3 Å². The van der Waals surface area contributed by atoms with Gasteiger partial charge in [-0.15, -0.1) is 0 Å². The highest BCUT2D eigenvalue weighted by Gasteiger charge is 2.24. The van der Waals surface area contributed by atoms with Crippen LogP contribution in [0.2, 0.25) is 0 Å². The third-order valence-corrected chi connectivity index (χ3v) is 3.80.